The summed E-state index contributed by atoms with van der Waals surface area (Å²) in [6, 6.07) is 11.1. The van der Waals surface area contributed by atoms with Gasteiger partial charge in [-0.3, -0.25) is 9.89 Å². The summed E-state index contributed by atoms with van der Waals surface area (Å²) >= 11 is 8.63. The number of carbonyl (C=O) groups excluding carboxylic acids is 1. The Kier molecular flexibility index (Phi) is 6.89. The minimum absolute atomic E-state index is 0.140. The number of benzene rings is 2. The maximum atomic E-state index is 12.2. The van der Waals surface area contributed by atoms with E-state index in [1.54, 1.807) is 24.2 Å². The van der Waals surface area contributed by atoms with Gasteiger partial charge in [0, 0.05) is 10.2 Å². The summed E-state index contributed by atoms with van der Waals surface area (Å²) in [6.45, 7) is 2.32. The third-order valence-electron chi connectivity index (χ3n) is 4.02. The highest BCUT2D eigenvalue weighted by Crippen LogP contribution is 2.33. The van der Waals surface area contributed by atoms with E-state index in [9.17, 15) is 4.79 Å². The van der Waals surface area contributed by atoms with Gasteiger partial charge < -0.3 is 20.2 Å². The van der Waals surface area contributed by atoms with Crippen LogP contribution in [0, 0.1) is 11.7 Å². The van der Waals surface area contributed by atoms with Gasteiger partial charge in [-0.15, -0.1) is 0 Å². The predicted octanol–water partition coefficient (Wildman–Crippen LogP) is 3.78. The number of aromatic nitrogens is 3. The SMILES string of the molecule is COc1cc(CNn2cn[nH]c2=S)c(Br)cc1OCC(=O)Nc1ccc(C)cc1. The Morgan fingerprint density at radius 2 is 2.03 bits per heavy atom. The third-order valence-corrected chi connectivity index (χ3v) is 5.04. The Morgan fingerprint density at radius 3 is 2.69 bits per heavy atom. The number of nitrogens with zero attached hydrogens (tertiary/aromatic N) is 2. The van der Waals surface area contributed by atoms with Crippen molar-refractivity contribution in [3.63, 3.8) is 0 Å². The van der Waals surface area contributed by atoms with E-state index in [-0.39, 0.29) is 12.5 Å². The van der Waals surface area contributed by atoms with Crippen LogP contribution in [0.5, 0.6) is 11.5 Å². The van der Waals surface area contributed by atoms with Crippen molar-refractivity contribution in [2.75, 3.05) is 24.5 Å². The minimum atomic E-state index is -0.257. The van der Waals surface area contributed by atoms with Crippen LogP contribution in [0.25, 0.3) is 0 Å². The Morgan fingerprint density at radius 1 is 1.28 bits per heavy atom. The highest BCUT2D eigenvalue weighted by Gasteiger charge is 2.12. The Balaban J connectivity index is 1.63. The van der Waals surface area contributed by atoms with Crippen LogP contribution in [0.4, 0.5) is 5.69 Å². The molecule has 1 aromatic heterocycles. The summed E-state index contributed by atoms with van der Waals surface area (Å²) in [7, 11) is 1.55. The van der Waals surface area contributed by atoms with Crippen molar-refractivity contribution in [2.45, 2.75) is 13.5 Å². The summed E-state index contributed by atoms with van der Waals surface area (Å²) in [5, 5.41) is 9.32. The van der Waals surface area contributed by atoms with Crippen LogP contribution in [-0.4, -0.2) is 34.5 Å². The van der Waals surface area contributed by atoms with Crippen LogP contribution in [0.2, 0.25) is 0 Å². The Bertz CT molecular complexity index is 1050. The van der Waals surface area contributed by atoms with Gasteiger partial charge in [-0.1, -0.05) is 33.6 Å². The van der Waals surface area contributed by atoms with Gasteiger partial charge >= 0.3 is 0 Å². The molecule has 8 nitrogen and oxygen atoms in total. The lowest BCUT2D eigenvalue weighted by Gasteiger charge is -2.15. The second-order valence-electron chi connectivity index (χ2n) is 6.16. The smallest absolute Gasteiger partial charge is 0.262 e. The van der Waals surface area contributed by atoms with Gasteiger partial charge in [-0.05, 0) is 49.0 Å². The van der Waals surface area contributed by atoms with Crippen molar-refractivity contribution in [1.29, 1.82) is 0 Å². The molecule has 3 aromatic rings. The van der Waals surface area contributed by atoms with E-state index in [0.29, 0.717) is 22.8 Å². The molecule has 1 amide bonds. The number of hydrogen-bond donors (Lipinski definition) is 3. The summed E-state index contributed by atoms with van der Waals surface area (Å²) in [5.74, 6) is 0.720. The quantitative estimate of drug-likeness (QED) is 0.427. The second-order valence-corrected chi connectivity index (χ2v) is 7.40. The van der Waals surface area contributed by atoms with Gasteiger partial charge in [0.25, 0.3) is 5.91 Å². The molecule has 10 heteroatoms. The molecule has 2 aromatic carbocycles. The molecule has 0 radical (unpaired) electrons. The number of ether oxygens (including phenoxy) is 2. The van der Waals surface area contributed by atoms with Crippen LogP contribution in [0.3, 0.4) is 0 Å². The standard InChI is InChI=1S/C19H20BrN5O3S/c1-12-3-5-14(6-4-12)23-18(26)10-28-17-8-15(20)13(7-16(17)27-2)9-22-25-11-21-24-19(25)29/h3-8,11,22H,9-10H2,1-2H3,(H,23,26)(H,24,29). The number of aromatic amines is 1. The normalized spacial score (nSPS) is 10.4. The van der Waals surface area contributed by atoms with Crippen LogP contribution < -0.4 is 20.2 Å². The molecule has 0 unspecified atom stereocenters. The van der Waals surface area contributed by atoms with Gasteiger partial charge in [-0.25, -0.2) is 4.68 Å². The van der Waals surface area contributed by atoms with Gasteiger partial charge in [0.05, 0.1) is 13.7 Å². The highest BCUT2D eigenvalue weighted by atomic mass is 79.9. The first-order valence-corrected chi connectivity index (χ1v) is 9.88. The first-order valence-electron chi connectivity index (χ1n) is 8.68. The number of halogens is 1. The molecule has 0 aliphatic heterocycles. The van der Waals surface area contributed by atoms with Crippen molar-refractivity contribution in [1.82, 2.24) is 14.9 Å². The number of rotatable bonds is 8. The second kappa shape index (κ2) is 9.57. The first kappa shape index (κ1) is 20.9. The number of H-pyrrole nitrogens is 1. The van der Waals surface area contributed by atoms with Crippen molar-refractivity contribution < 1.29 is 14.3 Å². The zero-order chi connectivity index (χ0) is 20.8. The number of aryl methyl sites for hydroxylation is 1. The molecule has 0 aliphatic rings. The van der Waals surface area contributed by atoms with Gasteiger partial charge in [-0.2, -0.15) is 5.10 Å². The summed E-state index contributed by atoms with van der Waals surface area (Å²) in [6.07, 6.45) is 1.55. The van der Waals surface area contributed by atoms with E-state index >= 15 is 0 Å². The van der Waals surface area contributed by atoms with Crippen LogP contribution >= 0.6 is 28.1 Å². The molecule has 3 N–H and O–H groups in total. The topological polar surface area (TPSA) is 93.2 Å². The van der Waals surface area contributed by atoms with E-state index < -0.39 is 0 Å². The van der Waals surface area contributed by atoms with Gasteiger partial charge in [0.2, 0.25) is 4.77 Å². The fourth-order valence-electron chi connectivity index (χ4n) is 2.49. The van der Waals surface area contributed by atoms with Crippen LogP contribution in [0.15, 0.2) is 47.2 Å². The van der Waals surface area contributed by atoms with Gasteiger partial charge in [0.1, 0.15) is 6.33 Å². The fraction of sp³-hybridized carbons (Fsp3) is 0.211. The van der Waals surface area contributed by atoms with E-state index in [1.165, 1.54) is 0 Å². The first-order chi connectivity index (χ1) is 14.0. The van der Waals surface area contributed by atoms with E-state index in [2.05, 4.69) is 36.9 Å². The molecule has 3 rings (SSSR count). The summed E-state index contributed by atoms with van der Waals surface area (Å²) in [4.78, 5) is 12.2. The van der Waals surface area contributed by atoms with E-state index in [4.69, 9.17) is 21.7 Å². The summed E-state index contributed by atoms with van der Waals surface area (Å²) < 4.78 is 14.0. The zero-order valence-electron chi connectivity index (χ0n) is 15.9. The van der Waals surface area contributed by atoms with Crippen molar-refractivity contribution in [3.05, 3.63) is 63.1 Å². The Labute approximate surface area is 181 Å². The van der Waals surface area contributed by atoms with Crippen molar-refractivity contribution in [2.24, 2.45) is 0 Å². The molecule has 0 saturated carbocycles. The predicted molar refractivity (Wildman–Crippen MR) is 116 cm³/mol. The number of hydrogen-bond acceptors (Lipinski definition) is 6. The number of anilines is 1. The largest absolute Gasteiger partial charge is 0.493 e. The molecular formula is C19H20BrN5O3S. The maximum Gasteiger partial charge on any atom is 0.262 e. The molecule has 0 fully saturated rings. The minimum Gasteiger partial charge on any atom is -0.493 e. The average molecular weight is 478 g/mol. The average Bonchev–Trinajstić information content (AvgIpc) is 3.12. The number of amides is 1. The fourth-order valence-corrected chi connectivity index (χ4v) is 3.12. The summed E-state index contributed by atoms with van der Waals surface area (Å²) in [5.41, 5.74) is 5.89. The van der Waals surface area contributed by atoms with Crippen LogP contribution in [-0.2, 0) is 11.3 Å². The number of methoxy groups -OCH3 is 1. The van der Waals surface area contributed by atoms with Crippen molar-refractivity contribution >= 4 is 39.7 Å². The maximum absolute atomic E-state index is 12.2. The lowest BCUT2D eigenvalue weighted by molar-refractivity contribution is -0.118. The number of nitrogens with one attached hydrogen (secondary N) is 3. The molecular weight excluding hydrogens is 458 g/mol. The molecule has 0 bridgehead atoms. The third kappa shape index (κ3) is 5.58. The molecule has 0 aliphatic carbocycles. The molecule has 29 heavy (non-hydrogen) atoms. The molecule has 1 heterocycles. The van der Waals surface area contributed by atoms with E-state index in [0.717, 1.165) is 21.3 Å². The highest BCUT2D eigenvalue weighted by molar-refractivity contribution is 9.10. The lowest BCUT2D eigenvalue weighted by Crippen LogP contribution is -2.20. The number of carbonyl (C=O) groups is 1. The monoisotopic (exact) mass is 477 g/mol. The van der Waals surface area contributed by atoms with E-state index in [1.807, 2.05) is 37.3 Å². The molecule has 0 atom stereocenters. The zero-order valence-corrected chi connectivity index (χ0v) is 18.3. The van der Waals surface area contributed by atoms with Crippen molar-refractivity contribution in [3.8, 4) is 11.5 Å². The molecule has 152 valence electrons. The Hall–Kier alpha value is -2.85. The molecule has 0 spiro atoms. The van der Waals surface area contributed by atoms with Gasteiger partial charge in [0.15, 0.2) is 18.1 Å². The molecule has 0 saturated heterocycles. The lowest BCUT2D eigenvalue weighted by atomic mass is 10.2. The van der Waals surface area contributed by atoms with Crippen LogP contribution in [0.1, 0.15) is 11.1 Å².